The third-order valence-corrected chi connectivity index (χ3v) is 6.08. The number of hydrogen-bond acceptors (Lipinski definition) is 3. The van der Waals surface area contributed by atoms with E-state index in [0.29, 0.717) is 19.5 Å². The normalized spacial score (nSPS) is 14.9. The summed E-state index contributed by atoms with van der Waals surface area (Å²) >= 11 is 0. The van der Waals surface area contributed by atoms with Gasteiger partial charge in [-0.05, 0) is 56.2 Å². The van der Waals surface area contributed by atoms with Crippen molar-refractivity contribution >= 4 is 15.9 Å². The summed E-state index contributed by atoms with van der Waals surface area (Å²) in [6.07, 6.45) is 9.37. The predicted octanol–water partition coefficient (Wildman–Crippen LogP) is 3.03. The highest BCUT2D eigenvalue weighted by molar-refractivity contribution is 7.88. The predicted molar refractivity (Wildman–Crippen MR) is 105 cm³/mol. The van der Waals surface area contributed by atoms with Crippen LogP contribution >= 0.6 is 0 Å². The van der Waals surface area contributed by atoms with Crippen LogP contribution in [0.3, 0.4) is 0 Å². The van der Waals surface area contributed by atoms with Crippen LogP contribution in [0.1, 0.15) is 44.1 Å². The number of rotatable bonds is 10. The zero-order valence-electron chi connectivity index (χ0n) is 15.9. The molecule has 0 unspecified atom stereocenters. The molecule has 0 saturated heterocycles. The van der Waals surface area contributed by atoms with E-state index in [1.807, 2.05) is 0 Å². The first kappa shape index (κ1) is 21.6. The Kier molecular flexibility index (Phi) is 8.44. The fourth-order valence-electron chi connectivity index (χ4n) is 3.16. The summed E-state index contributed by atoms with van der Waals surface area (Å²) in [5.41, 5.74) is 2.26. The number of halogens is 1. The minimum absolute atomic E-state index is 0.134. The summed E-state index contributed by atoms with van der Waals surface area (Å²) in [5, 5.41) is 2.79. The third kappa shape index (κ3) is 8.22. The highest BCUT2D eigenvalue weighted by Crippen LogP contribution is 2.20. The highest BCUT2D eigenvalue weighted by atomic mass is 32.2. The van der Waals surface area contributed by atoms with Crippen LogP contribution in [0, 0.1) is 5.82 Å². The second-order valence-corrected chi connectivity index (χ2v) is 8.98. The smallest absolute Gasteiger partial charge is 0.221 e. The minimum atomic E-state index is -3.34. The molecular weight excluding hydrogens is 367 g/mol. The number of carbonyl (C=O) groups excluding carboxylic acids is 1. The number of benzene rings is 1. The first-order valence-electron chi connectivity index (χ1n) is 9.49. The molecule has 1 aromatic carbocycles. The molecule has 0 spiro atoms. The van der Waals surface area contributed by atoms with Crippen LogP contribution < -0.4 is 5.32 Å². The number of hydrogen-bond donors (Lipinski definition) is 1. The van der Waals surface area contributed by atoms with Gasteiger partial charge in [0.25, 0.3) is 0 Å². The number of amides is 1. The molecule has 1 aromatic rings. The number of allylic oxidation sites excluding steroid dienone is 1. The van der Waals surface area contributed by atoms with E-state index in [1.54, 1.807) is 12.1 Å². The number of carbonyl (C=O) groups is 1. The van der Waals surface area contributed by atoms with Crippen LogP contribution in [0.15, 0.2) is 35.9 Å². The van der Waals surface area contributed by atoms with Gasteiger partial charge in [-0.2, -0.15) is 0 Å². The fourth-order valence-corrected chi connectivity index (χ4v) is 4.00. The first-order valence-corrected chi connectivity index (χ1v) is 11.3. The molecule has 1 aliphatic rings. The summed E-state index contributed by atoms with van der Waals surface area (Å²) in [6, 6.07) is 6.16. The molecule has 0 fully saturated rings. The van der Waals surface area contributed by atoms with Crippen molar-refractivity contribution in [1.29, 1.82) is 0 Å². The lowest BCUT2D eigenvalue weighted by molar-refractivity contribution is -0.121. The Balaban J connectivity index is 1.73. The molecule has 27 heavy (non-hydrogen) atoms. The van der Waals surface area contributed by atoms with Gasteiger partial charge in [-0.25, -0.2) is 17.1 Å². The lowest BCUT2D eigenvalue weighted by Gasteiger charge is -2.21. The summed E-state index contributed by atoms with van der Waals surface area (Å²) in [7, 11) is -3.34. The van der Waals surface area contributed by atoms with Gasteiger partial charge in [-0.15, -0.1) is 0 Å². The molecule has 1 amide bonds. The standard InChI is InChI=1S/C20H29FN2O3S/c1-27(25,26)23(15-12-17-5-3-2-4-6-17)16-13-20(24)22-14-11-18-7-9-19(21)10-8-18/h5,7-10H,2-4,6,11-16H2,1H3,(H,22,24). The molecule has 2 rings (SSSR count). The highest BCUT2D eigenvalue weighted by Gasteiger charge is 2.18. The van der Waals surface area contributed by atoms with Crippen LogP contribution in [0.5, 0.6) is 0 Å². The van der Waals surface area contributed by atoms with Gasteiger partial charge in [0.2, 0.25) is 15.9 Å². The lowest BCUT2D eigenvalue weighted by atomic mass is 9.97. The second kappa shape index (κ2) is 10.6. The molecule has 0 bridgehead atoms. The van der Waals surface area contributed by atoms with Gasteiger partial charge < -0.3 is 5.32 Å². The zero-order valence-corrected chi connectivity index (χ0v) is 16.7. The van der Waals surface area contributed by atoms with Gasteiger partial charge in [0.05, 0.1) is 6.26 Å². The van der Waals surface area contributed by atoms with E-state index in [0.717, 1.165) is 24.8 Å². The van der Waals surface area contributed by atoms with Crippen molar-refractivity contribution in [2.24, 2.45) is 0 Å². The van der Waals surface area contributed by atoms with Gasteiger partial charge in [0.15, 0.2) is 0 Å². The van der Waals surface area contributed by atoms with Crippen molar-refractivity contribution < 1.29 is 17.6 Å². The van der Waals surface area contributed by atoms with Gasteiger partial charge in [-0.3, -0.25) is 4.79 Å². The van der Waals surface area contributed by atoms with E-state index in [4.69, 9.17) is 0 Å². The molecule has 0 radical (unpaired) electrons. The number of sulfonamides is 1. The zero-order chi connectivity index (χ0) is 19.7. The fraction of sp³-hybridized carbons (Fsp3) is 0.550. The molecule has 1 aliphatic carbocycles. The van der Waals surface area contributed by atoms with Crippen molar-refractivity contribution in [2.45, 2.75) is 44.9 Å². The number of nitrogens with zero attached hydrogens (tertiary/aromatic N) is 1. The minimum Gasteiger partial charge on any atom is -0.356 e. The average Bonchev–Trinajstić information content (AvgIpc) is 2.63. The Morgan fingerprint density at radius 1 is 1.15 bits per heavy atom. The molecular formula is C20H29FN2O3S. The Bertz CT molecular complexity index is 745. The van der Waals surface area contributed by atoms with Crippen molar-refractivity contribution in [3.8, 4) is 0 Å². The van der Waals surface area contributed by atoms with E-state index < -0.39 is 10.0 Å². The SMILES string of the molecule is CS(=O)(=O)N(CCC(=O)NCCc1ccc(F)cc1)CCC1=CCCCC1. The molecule has 0 saturated carbocycles. The summed E-state index contributed by atoms with van der Waals surface area (Å²) in [4.78, 5) is 12.0. The van der Waals surface area contributed by atoms with Crippen LogP contribution in [0.2, 0.25) is 0 Å². The van der Waals surface area contributed by atoms with E-state index in [-0.39, 0.29) is 24.7 Å². The van der Waals surface area contributed by atoms with Crippen LogP contribution in [0.25, 0.3) is 0 Å². The maximum Gasteiger partial charge on any atom is 0.221 e. The van der Waals surface area contributed by atoms with Crippen molar-refractivity contribution in [3.05, 3.63) is 47.3 Å². The van der Waals surface area contributed by atoms with Gasteiger partial charge in [0, 0.05) is 26.1 Å². The summed E-state index contributed by atoms with van der Waals surface area (Å²) in [5.74, 6) is -0.463. The maximum absolute atomic E-state index is 12.9. The second-order valence-electron chi connectivity index (χ2n) is 7.00. The third-order valence-electron chi connectivity index (χ3n) is 4.77. The van der Waals surface area contributed by atoms with E-state index in [1.165, 1.54) is 41.1 Å². The van der Waals surface area contributed by atoms with E-state index in [2.05, 4.69) is 11.4 Å². The maximum atomic E-state index is 12.9. The number of nitrogens with one attached hydrogen (secondary N) is 1. The van der Waals surface area contributed by atoms with Gasteiger partial charge in [0.1, 0.15) is 5.82 Å². The van der Waals surface area contributed by atoms with E-state index in [9.17, 15) is 17.6 Å². The molecule has 5 nitrogen and oxygen atoms in total. The molecule has 1 N–H and O–H groups in total. The molecule has 0 atom stereocenters. The molecule has 0 aliphatic heterocycles. The monoisotopic (exact) mass is 396 g/mol. The summed E-state index contributed by atoms with van der Waals surface area (Å²) < 4.78 is 38.2. The Morgan fingerprint density at radius 2 is 1.89 bits per heavy atom. The first-order chi connectivity index (χ1) is 12.8. The lowest BCUT2D eigenvalue weighted by Crippen LogP contribution is -2.36. The Morgan fingerprint density at radius 3 is 2.52 bits per heavy atom. The quantitative estimate of drug-likeness (QED) is 0.618. The largest absolute Gasteiger partial charge is 0.356 e. The Labute approximate surface area is 161 Å². The van der Waals surface area contributed by atoms with Crippen molar-refractivity contribution in [3.63, 3.8) is 0 Å². The van der Waals surface area contributed by atoms with E-state index >= 15 is 0 Å². The van der Waals surface area contributed by atoms with Gasteiger partial charge >= 0.3 is 0 Å². The average molecular weight is 397 g/mol. The molecule has 0 heterocycles. The van der Waals surface area contributed by atoms with Crippen molar-refractivity contribution in [1.82, 2.24) is 9.62 Å². The molecule has 0 aromatic heterocycles. The molecule has 150 valence electrons. The van der Waals surface area contributed by atoms with Crippen LogP contribution in [-0.2, 0) is 21.2 Å². The van der Waals surface area contributed by atoms with Gasteiger partial charge in [-0.1, -0.05) is 23.8 Å². The summed E-state index contributed by atoms with van der Waals surface area (Å²) in [6.45, 7) is 1.05. The van der Waals surface area contributed by atoms with Crippen LogP contribution in [0.4, 0.5) is 4.39 Å². The topological polar surface area (TPSA) is 66.5 Å². The Hall–Kier alpha value is -1.73. The molecule has 7 heteroatoms. The van der Waals surface area contributed by atoms with Crippen molar-refractivity contribution in [2.75, 3.05) is 25.9 Å². The van der Waals surface area contributed by atoms with Crippen LogP contribution in [-0.4, -0.2) is 44.5 Å².